The van der Waals surface area contributed by atoms with Crippen molar-refractivity contribution in [2.75, 3.05) is 6.61 Å². The highest BCUT2D eigenvalue weighted by Crippen LogP contribution is 2.36. The lowest BCUT2D eigenvalue weighted by Crippen LogP contribution is -2.33. The van der Waals surface area contributed by atoms with E-state index in [1.807, 2.05) is 24.3 Å². The fourth-order valence-corrected chi connectivity index (χ4v) is 3.22. The summed E-state index contributed by atoms with van der Waals surface area (Å²) >= 11 is 0. The average molecular weight is 337 g/mol. The lowest BCUT2D eigenvalue weighted by Gasteiger charge is -2.25. The lowest BCUT2D eigenvalue weighted by atomic mass is 9.90. The van der Waals surface area contributed by atoms with Gasteiger partial charge in [-0.05, 0) is 30.2 Å². The van der Waals surface area contributed by atoms with Crippen LogP contribution in [0.5, 0.6) is 5.75 Å². The van der Waals surface area contributed by atoms with Gasteiger partial charge >= 0.3 is 5.97 Å². The molecule has 2 aliphatic rings. The van der Waals surface area contributed by atoms with Crippen LogP contribution in [-0.2, 0) is 9.63 Å². The second-order valence-corrected chi connectivity index (χ2v) is 5.99. The fraction of sp³-hybridized carbons (Fsp3) is 0.211. The second kappa shape index (κ2) is 6.05. The van der Waals surface area contributed by atoms with Crippen LogP contribution in [0, 0.1) is 0 Å². The molecular formula is C19H15NO5. The number of fused-ring (bicyclic) bond motifs is 2. The molecule has 126 valence electrons. The van der Waals surface area contributed by atoms with Gasteiger partial charge in [0.05, 0.1) is 24.2 Å². The Morgan fingerprint density at radius 1 is 1.04 bits per heavy atom. The highest BCUT2D eigenvalue weighted by molar-refractivity contribution is 6.20. The quantitative estimate of drug-likeness (QED) is 0.805. The van der Waals surface area contributed by atoms with E-state index in [4.69, 9.17) is 9.57 Å². The molecule has 0 aromatic heterocycles. The third-order valence-corrected chi connectivity index (χ3v) is 4.45. The number of nitrogens with zero attached hydrogens (tertiary/aromatic N) is 1. The summed E-state index contributed by atoms with van der Waals surface area (Å²) in [6, 6.07) is 13.9. The molecular weight excluding hydrogens is 322 g/mol. The number of carbonyl (C=O) groups is 3. The van der Waals surface area contributed by atoms with Gasteiger partial charge in [0, 0.05) is 5.92 Å². The lowest BCUT2D eigenvalue weighted by molar-refractivity contribution is -0.169. The molecule has 0 fully saturated rings. The summed E-state index contributed by atoms with van der Waals surface area (Å²) in [6.07, 6.45) is 0.752. The molecule has 0 radical (unpaired) electrons. The van der Waals surface area contributed by atoms with Crippen molar-refractivity contribution in [1.82, 2.24) is 5.06 Å². The van der Waals surface area contributed by atoms with Gasteiger partial charge in [0.1, 0.15) is 5.75 Å². The third kappa shape index (κ3) is 2.65. The van der Waals surface area contributed by atoms with Gasteiger partial charge in [-0.2, -0.15) is 0 Å². The summed E-state index contributed by atoms with van der Waals surface area (Å²) in [7, 11) is 0. The van der Waals surface area contributed by atoms with E-state index < -0.39 is 17.8 Å². The van der Waals surface area contributed by atoms with Crippen molar-refractivity contribution in [3.8, 4) is 5.75 Å². The molecule has 2 aromatic carbocycles. The molecule has 0 aliphatic carbocycles. The first kappa shape index (κ1) is 15.4. The molecule has 0 spiro atoms. The van der Waals surface area contributed by atoms with Gasteiger partial charge in [-0.25, -0.2) is 4.79 Å². The van der Waals surface area contributed by atoms with Gasteiger partial charge in [-0.1, -0.05) is 35.4 Å². The van der Waals surface area contributed by atoms with Gasteiger partial charge < -0.3 is 9.57 Å². The Balaban J connectivity index is 1.48. The zero-order chi connectivity index (χ0) is 17.4. The number of hydrogen-bond donors (Lipinski definition) is 0. The molecule has 25 heavy (non-hydrogen) atoms. The monoisotopic (exact) mass is 337 g/mol. The Labute approximate surface area is 143 Å². The van der Waals surface area contributed by atoms with E-state index in [9.17, 15) is 14.4 Å². The number of hydroxylamine groups is 2. The summed E-state index contributed by atoms with van der Waals surface area (Å²) in [5, 5.41) is 0.554. The number of rotatable bonds is 3. The summed E-state index contributed by atoms with van der Waals surface area (Å²) in [5.74, 6) is -1.14. The van der Waals surface area contributed by atoms with Gasteiger partial charge in [0.15, 0.2) is 0 Å². The summed E-state index contributed by atoms with van der Waals surface area (Å²) in [6.45, 7) is 0.516. The average Bonchev–Trinajstić information content (AvgIpc) is 2.87. The molecule has 2 aliphatic heterocycles. The first-order chi connectivity index (χ1) is 12.1. The summed E-state index contributed by atoms with van der Waals surface area (Å²) in [5.41, 5.74) is 1.43. The minimum atomic E-state index is -0.615. The highest BCUT2D eigenvalue weighted by atomic mass is 16.7. The molecule has 0 saturated heterocycles. The third-order valence-electron chi connectivity index (χ3n) is 4.45. The molecule has 2 aromatic rings. The van der Waals surface area contributed by atoms with E-state index in [1.54, 1.807) is 12.1 Å². The summed E-state index contributed by atoms with van der Waals surface area (Å²) < 4.78 is 5.57. The van der Waals surface area contributed by atoms with Gasteiger partial charge in [-0.15, -0.1) is 0 Å². The van der Waals surface area contributed by atoms with Crippen LogP contribution < -0.4 is 4.74 Å². The highest BCUT2D eigenvalue weighted by Gasteiger charge is 2.39. The molecule has 1 unspecified atom stereocenters. The van der Waals surface area contributed by atoms with Crippen LogP contribution in [0.15, 0.2) is 48.5 Å². The normalized spacial score (nSPS) is 18.4. The SMILES string of the molecule is O=C(CC1CCOc2ccccc21)ON1C(=O)c2ccccc2C1=O. The topological polar surface area (TPSA) is 72.9 Å². The predicted molar refractivity (Wildman–Crippen MR) is 86.9 cm³/mol. The van der Waals surface area contributed by atoms with Gasteiger partial charge in [-0.3, -0.25) is 9.59 Å². The number of ether oxygens (including phenoxy) is 1. The van der Waals surface area contributed by atoms with Crippen LogP contribution in [0.2, 0.25) is 0 Å². The zero-order valence-electron chi connectivity index (χ0n) is 13.3. The van der Waals surface area contributed by atoms with Crippen LogP contribution in [0.25, 0.3) is 0 Å². The Hall–Kier alpha value is -3.15. The first-order valence-corrected chi connectivity index (χ1v) is 8.05. The molecule has 0 N–H and O–H groups in total. The van der Waals surface area contributed by atoms with Crippen molar-refractivity contribution in [2.24, 2.45) is 0 Å². The zero-order valence-corrected chi connectivity index (χ0v) is 13.3. The standard InChI is InChI=1S/C19H15NO5/c21-17(11-12-9-10-24-16-8-4-3-5-13(12)16)25-20-18(22)14-6-1-2-7-15(14)19(20)23/h1-8,12H,9-11H2. The predicted octanol–water partition coefficient (Wildman–Crippen LogP) is 2.70. The largest absolute Gasteiger partial charge is 0.493 e. The number of carbonyl (C=O) groups excluding carboxylic acids is 3. The van der Waals surface area contributed by atoms with E-state index in [-0.39, 0.29) is 23.5 Å². The van der Waals surface area contributed by atoms with Gasteiger partial charge in [0.25, 0.3) is 11.8 Å². The Morgan fingerprint density at radius 3 is 2.40 bits per heavy atom. The maximum absolute atomic E-state index is 12.3. The van der Waals surface area contributed by atoms with Crippen molar-refractivity contribution in [2.45, 2.75) is 18.8 Å². The van der Waals surface area contributed by atoms with Crippen molar-refractivity contribution in [3.63, 3.8) is 0 Å². The van der Waals surface area contributed by atoms with Crippen LogP contribution in [0.1, 0.15) is 45.0 Å². The van der Waals surface area contributed by atoms with E-state index in [2.05, 4.69) is 0 Å². The van der Waals surface area contributed by atoms with E-state index in [1.165, 1.54) is 12.1 Å². The summed E-state index contributed by atoms with van der Waals surface area (Å²) in [4.78, 5) is 41.9. The fourth-order valence-electron chi connectivity index (χ4n) is 3.22. The number of para-hydroxylation sites is 1. The molecule has 6 heteroatoms. The van der Waals surface area contributed by atoms with E-state index >= 15 is 0 Å². The molecule has 6 nitrogen and oxygen atoms in total. The van der Waals surface area contributed by atoms with Gasteiger partial charge in [0.2, 0.25) is 0 Å². The van der Waals surface area contributed by atoms with Crippen LogP contribution in [0.4, 0.5) is 0 Å². The first-order valence-electron chi connectivity index (χ1n) is 8.05. The van der Waals surface area contributed by atoms with Crippen molar-refractivity contribution >= 4 is 17.8 Å². The van der Waals surface area contributed by atoms with E-state index in [0.29, 0.717) is 18.1 Å². The number of imide groups is 1. The Morgan fingerprint density at radius 2 is 1.68 bits per heavy atom. The molecule has 4 rings (SSSR count). The number of hydrogen-bond acceptors (Lipinski definition) is 5. The minimum absolute atomic E-state index is 0.0624. The van der Waals surface area contributed by atoms with Crippen molar-refractivity contribution in [1.29, 1.82) is 0 Å². The maximum Gasteiger partial charge on any atom is 0.333 e. The smallest absolute Gasteiger partial charge is 0.333 e. The molecule has 0 saturated carbocycles. The Bertz CT molecular complexity index is 841. The van der Waals surface area contributed by atoms with Crippen LogP contribution in [-0.4, -0.2) is 29.5 Å². The molecule has 2 heterocycles. The molecule has 0 bridgehead atoms. The second-order valence-electron chi connectivity index (χ2n) is 5.99. The van der Waals surface area contributed by atoms with Crippen LogP contribution in [0.3, 0.4) is 0 Å². The van der Waals surface area contributed by atoms with Crippen LogP contribution >= 0.6 is 0 Å². The number of benzene rings is 2. The Kier molecular flexibility index (Phi) is 3.72. The maximum atomic E-state index is 12.3. The van der Waals surface area contributed by atoms with Crippen molar-refractivity contribution < 1.29 is 24.0 Å². The van der Waals surface area contributed by atoms with Crippen molar-refractivity contribution in [3.05, 3.63) is 65.2 Å². The number of amides is 2. The molecule has 1 atom stereocenters. The van der Waals surface area contributed by atoms with E-state index in [0.717, 1.165) is 11.3 Å². The minimum Gasteiger partial charge on any atom is -0.493 e. The molecule has 2 amide bonds.